The standard InChI is InChI=1S/C13H13N5O/c1-8-4-6-10(7-5-8)13(19)15-12-11(16-14)9(2)17-18(12)3/h4-7H,1-3H3/p+1. The third-order valence-corrected chi connectivity index (χ3v) is 2.84. The Kier molecular flexibility index (Phi) is 3.29. The molecule has 1 N–H and O–H groups in total. The average molecular weight is 256 g/mol. The highest BCUT2D eigenvalue weighted by Gasteiger charge is 2.26. The van der Waals surface area contributed by atoms with Gasteiger partial charge in [0, 0.05) is 12.6 Å². The largest absolute Gasteiger partial charge is 0.449 e. The molecule has 96 valence electrons. The summed E-state index contributed by atoms with van der Waals surface area (Å²) in [5.74, 6) is 0.0958. The number of amides is 1. The van der Waals surface area contributed by atoms with Gasteiger partial charge in [0.15, 0.2) is 10.7 Å². The molecule has 1 heterocycles. The van der Waals surface area contributed by atoms with Crippen molar-refractivity contribution in [3.05, 3.63) is 46.1 Å². The molecule has 6 heteroatoms. The summed E-state index contributed by atoms with van der Waals surface area (Å²) in [4.78, 5) is 15.2. The first-order valence-electron chi connectivity index (χ1n) is 5.79. The fourth-order valence-electron chi connectivity index (χ4n) is 1.79. The van der Waals surface area contributed by atoms with E-state index in [0.29, 0.717) is 17.1 Å². The number of aryl methyl sites for hydroxylation is 3. The SMILES string of the molecule is Cc1ccc(C(=O)Nc2c([N+]#N)c(C)nn2C)cc1. The van der Waals surface area contributed by atoms with Gasteiger partial charge in [-0.1, -0.05) is 17.7 Å². The van der Waals surface area contributed by atoms with Crippen molar-refractivity contribution in [3.8, 4) is 0 Å². The van der Waals surface area contributed by atoms with Crippen LogP contribution in [-0.2, 0) is 7.05 Å². The van der Waals surface area contributed by atoms with E-state index in [1.807, 2.05) is 19.1 Å². The van der Waals surface area contributed by atoms with Gasteiger partial charge in [0.25, 0.3) is 5.91 Å². The van der Waals surface area contributed by atoms with Crippen molar-refractivity contribution in [3.63, 3.8) is 0 Å². The molecule has 0 radical (unpaired) electrons. The van der Waals surface area contributed by atoms with E-state index in [4.69, 9.17) is 5.39 Å². The molecule has 1 aromatic carbocycles. The lowest BCUT2D eigenvalue weighted by Crippen LogP contribution is -2.14. The van der Waals surface area contributed by atoms with E-state index in [0.717, 1.165) is 5.56 Å². The Morgan fingerprint density at radius 2 is 1.95 bits per heavy atom. The van der Waals surface area contributed by atoms with Crippen LogP contribution >= 0.6 is 0 Å². The molecular weight excluding hydrogens is 242 g/mol. The van der Waals surface area contributed by atoms with Crippen molar-refractivity contribution in [2.75, 3.05) is 5.32 Å². The van der Waals surface area contributed by atoms with Gasteiger partial charge in [0.1, 0.15) is 0 Å². The van der Waals surface area contributed by atoms with E-state index in [1.165, 1.54) is 4.68 Å². The summed E-state index contributed by atoms with van der Waals surface area (Å²) in [6.45, 7) is 3.66. The highest BCUT2D eigenvalue weighted by molar-refractivity contribution is 6.05. The maximum atomic E-state index is 12.1. The van der Waals surface area contributed by atoms with Gasteiger partial charge in [-0.2, -0.15) is 5.10 Å². The summed E-state index contributed by atoms with van der Waals surface area (Å²) >= 11 is 0. The Morgan fingerprint density at radius 3 is 2.53 bits per heavy atom. The quantitative estimate of drug-likeness (QED) is 0.839. The monoisotopic (exact) mass is 256 g/mol. The number of nitrogens with one attached hydrogen (secondary N) is 1. The van der Waals surface area contributed by atoms with Crippen LogP contribution in [0.2, 0.25) is 0 Å². The summed E-state index contributed by atoms with van der Waals surface area (Å²) in [5, 5.41) is 15.7. The second kappa shape index (κ2) is 4.90. The van der Waals surface area contributed by atoms with E-state index >= 15 is 0 Å². The summed E-state index contributed by atoms with van der Waals surface area (Å²) < 4.78 is 1.47. The molecule has 0 spiro atoms. The average Bonchev–Trinajstić information content (AvgIpc) is 2.64. The Morgan fingerprint density at radius 1 is 1.32 bits per heavy atom. The van der Waals surface area contributed by atoms with Crippen molar-refractivity contribution in [2.24, 2.45) is 7.05 Å². The highest BCUT2D eigenvalue weighted by atomic mass is 16.1. The number of carbonyl (C=O) groups is 1. The molecule has 19 heavy (non-hydrogen) atoms. The summed E-state index contributed by atoms with van der Waals surface area (Å²) in [6.07, 6.45) is 0. The molecule has 0 aliphatic heterocycles. The molecule has 0 saturated carbocycles. The van der Waals surface area contributed by atoms with E-state index in [9.17, 15) is 4.79 Å². The lowest BCUT2D eigenvalue weighted by Gasteiger charge is -2.03. The van der Waals surface area contributed by atoms with Gasteiger partial charge in [-0.15, -0.1) is 0 Å². The molecule has 0 unspecified atom stereocenters. The van der Waals surface area contributed by atoms with Crippen LogP contribution in [0.4, 0.5) is 11.5 Å². The molecule has 0 saturated heterocycles. The molecule has 0 aliphatic carbocycles. The van der Waals surface area contributed by atoms with Crippen molar-refractivity contribution >= 4 is 17.4 Å². The Hall–Kier alpha value is -2.68. The van der Waals surface area contributed by atoms with Gasteiger partial charge in [0.2, 0.25) is 11.2 Å². The number of nitrogens with zero attached hydrogens (tertiary/aromatic N) is 4. The van der Waals surface area contributed by atoms with Crippen molar-refractivity contribution < 1.29 is 4.79 Å². The zero-order valence-electron chi connectivity index (χ0n) is 11.0. The second-order valence-electron chi connectivity index (χ2n) is 4.33. The number of rotatable bonds is 2. The third-order valence-electron chi connectivity index (χ3n) is 2.84. The van der Waals surface area contributed by atoms with Gasteiger partial charge >= 0.3 is 5.69 Å². The molecule has 6 nitrogen and oxygen atoms in total. The summed E-state index contributed by atoms with van der Waals surface area (Å²) in [6, 6.07) is 7.20. The van der Waals surface area contributed by atoms with Crippen LogP contribution in [0.25, 0.3) is 4.98 Å². The molecule has 0 bridgehead atoms. The molecule has 2 rings (SSSR count). The summed E-state index contributed by atoms with van der Waals surface area (Å²) in [5.41, 5.74) is 2.43. The molecule has 1 amide bonds. The minimum absolute atomic E-state index is 0.267. The predicted octanol–water partition coefficient (Wildman–Crippen LogP) is 2.77. The zero-order valence-corrected chi connectivity index (χ0v) is 11.0. The van der Waals surface area contributed by atoms with Gasteiger partial charge in [-0.25, -0.2) is 4.68 Å². The molecule has 1 aromatic heterocycles. The van der Waals surface area contributed by atoms with Crippen LogP contribution in [-0.4, -0.2) is 15.7 Å². The highest BCUT2D eigenvalue weighted by Crippen LogP contribution is 2.28. The number of carbonyl (C=O) groups excluding carboxylic acids is 1. The van der Waals surface area contributed by atoms with E-state index < -0.39 is 0 Å². The number of aromatic nitrogens is 2. The van der Waals surface area contributed by atoms with Crippen LogP contribution in [0.15, 0.2) is 24.3 Å². The van der Waals surface area contributed by atoms with Crippen LogP contribution in [0.1, 0.15) is 21.6 Å². The third kappa shape index (κ3) is 2.45. The first-order valence-corrected chi connectivity index (χ1v) is 5.79. The fourth-order valence-corrected chi connectivity index (χ4v) is 1.79. The van der Waals surface area contributed by atoms with Crippen LogP contribution in [0, 0.1) is 19.2 Å². The molecule has 0 atom stereocenters. The fraction of sp³-hybridized carbons (Fsp3) is 0.231. The molecule has 2 aromatic rings. The van der Waals surface area contributed by atoms with Crippen LogP contribution in [0.3, 0.4) is 0 Å². The lowest BCUT2D eigenvalue weighted by atomic mass is 10.1. The molecular formula is C13H14N5O+. The summed E-state index contributed by atoms with van der Waals surface area (Å²) in [7, 11) is 1.67. The van der Waals surface area contributed by atoms with Crippen molar-refractivity contribution in [1.82, 2.24) is 9.78 Å². The zero-order chi connectivity index (χ0) is 14.0. The van der Waals surface area contributed by atoms with Gasteiger partial charge in [-0.3, -0.25) is 10.1 Å². The minimum atomic E-state index is -0.270. The Bertz CT molecular complexity index is 664. The normalized spacial score (nSPS) is 10.0. The van der Waals surface area contributed by atoms with Crippen molar-refractivity contribution in [1.29, 1.82) is 5.39 Å². The van der Waals surface area contributed by atoms with Gasteiger partial charge in [-0.05, 0) is 26.0 Å². The van der Waals surface area contributed by atoms with E-state index in [2.05, 4.69) is 15.4 Å². The minimum Gasteiger partial charge on any atom is -0.300 e. The molecule has 0 fully saturated rings. The maximum absolute atomic E-state index is 12.1. The first kappa shape index (κ1) is 12.8. The topological polar surface area (TPSA) is 75.1 Å². The maximum Gasteiger partial charge on any atom is 0.449 e. The number of hydrogen-bond acceptors (Lipinski definition) is 3. The van der Waals surface area contributed by atoms with Gasteiger partial charge in [0.05, 0.1) is 0 Å². The number of benzene rings is 1. The number of anilines is 1. The Labute approximate surface area is 110 Å². The molecule has 0 aliphatic rings. The van der Waals surface area contributed by atoms with Crippen LogP contribution in [0.5, 0.6) is 0 Å². The second-order valence-corrected chi connectivity index (χ2v) is 4.33. The van der Waals surface area contributed by atoms with Crippen LogP contribution < -0.4 is 5.32 Å². The van der Waals surface area contributed by atoms with Crippen molar-refractivity contribution in [2.45, 2.75) is 13.8 Å². The Balaban J connectivity index is 2.29. The number of hydrogen-bond donors (Lipinski definition) is 1. The van der Waals surface area contributed by atoms with E-state index in [-0.39, 0.29) is 11.6 Å². The van der Waals surface area contributed by atoms with Gasteiger partial charge < -0.3 is 0 Å². The lowest BCUT2D eigenvalue weighted by molar-refractivity contribution is 0.102. The van der Waals surface area contributed by atoms with E-state index in [1.54, 1.807) is 26.1 Å². The predicted molar refractivity (Wildman–Crippen MR) is 71.8 cm³/mol. The first-order chi connectivity index (χ1) is 9.02. The smallest absolute Gasteiger partial charge is 0.300 e. The number of diazo groups is 1.